The summed E-state index contributed by atoms with van der Waals surface area (Å²) >= 11 is 0.443. The first-order chi connectivity index (χ1) is 17.4. The van der Waals surface area contributed by atoms with Crippen LogP contribution in [0.5, 0.6) is 0 Å². The van der Waals surface area contributed by atoms with Gasteiger partial charge in [-0.1, -0.05) is 0 Å². The molecule has 0 bridgehead atoms. The van der Waals surface area contributed by atoms with E-state index in [1.54, 1.807) is 0 Å². The monoisotopic (exact) mass is 514 g/mol. The van der Waals surface area contributed by atoms with Gasteiger partial charge < -0.3 is 0 Å². The number of hydrogen-bond acceptors (Lipinski definition) is 2. The minimum absolute atomic E-state index is 0.443. The molecule has 1 aliphatic heterocycles. The van der Waals surface area contributed by atoms with Crippen molar-refractivity contribution in [1.29, 1.82) is 0 Å². The van der Waals surface area contributed by atoms with Crippen molar-refractivity contribution in [3.63, 3.8) is 0 Å². The summed E-state index contributed by atoms with van der Waals surface area (Å²) in [6.45, 7) is 0. The molecule has 2 nitrogen and oxygen atoms in total. The summed E-state index contributed by atoms with van der Waals surface area (Å²) in [5, 5.41) is 7.44. The van der Waals surface area contributed by atoms with Gasteiger partial charge in [-0.15, -0.1) is 0 Å². The molecule has 6 aromatic rings. The topological polar surface area (TPSA) is 25.8 Å². The molecule has 2 aromatic heterocycles. The Kier molecular flexibility index (Phi) is 4.98. The van der Waals surface area contributed by atoms with Crippen LogP contribution in [0.2, 0.25) is 0 Å². The molecule has 166 valence electrons. The molecule has 1 aliphatic rings. The summed E-state index contributed by atoms with van der Waals surface area (Å²) in [4.78, 5) is 8.92. The van der Waals surface area contributed by atoms with Crippen LogP contribution in [0.15, 0.2) is 110 Å². The molecule has 0 spiro atoms. The zero-order valence-corrected chi connectivity index (χ0v) is 20.8. The number of rotatable bonds is 2. The van der Waals surface area contributed by atoms with Gasteiger partial charge >= 0.3 is 211 Å². The molecule has 0 aliphatic carbocycles. The van der Waals surface area contributed by atoms with Gasteiger partial charge in [0.15, 0.2) is 0 Å². The first-order valence-corrected chi connectivity index (χ1v) is 14.3. The molecular formula is C32H22N2Se. The zero-order chi connectivity index (χ0) is 23.2. The summed E-state index contributed by atoms with van der Waals surface area (Å²) in [5.74, 6) is 0. The molecule has 0 radical (unpaired) electrons. The maximum absolute atomic E-state index is 4.46. The van der Waals surface area contributed by atoms with Gasteiger partial charge in [-0.2, -0.15) is 0 Å². The second kappa shape index (κ2) is 8.46. The predicted molar refractivity (Wildman–Crippen MR) is 147 cm³/mol. The number of hydrogen-bond donors (Lipinski definition) is 0. The van der Waals surface area contributed by atoms with Crippen molar-refractivity contribution in [1.82, 2.24) is 9.97 Å². The minimum atomic E-state index is 0.443. The molecule has 3 heterocycles. The van der Waals surface area contributed by atoms with Crippen LogP contribution in [-0.4, -0.2) is 24.9 Å². The molecule has 7 rings (SSSR count). The van der Waals surface area contributed by atoms with Gasteiger partial charge in [0, 0.05) is 0 Å². The number of pyridine rings is 2. The van der Waals surface area contributed by atoms with Crippen molar-refractivity contribution in [2.45, 2.75) is 10.6 Å². The third-order valence-corrected chi connectivity index (χ3v) is 9.07. The van der Waals surface area contributed by atoms with E-state index in [0.717, 1.165) is 10.6 Å². The molecule has 0 fully saturated rings. The summed E-state index contributed by atoms with van der Waals surface area (Å²) in [5.41, 5.74) is 10.8. The van der Waals surface area contributed by atoms with Gasteiger partial charge in [-0.3, -0.25) is 0 Å². The average molecular weight is 514 g/mol. The normalized spacial score (nSPS) is 12.8. The molecule has 0 amide bonds. The van der Waals surface area contributed by atoms with Crippen LogP contribution in [0.25, 0.3) is 54.9 Å². The third-order valence-electron chi connectivity index (χ3n) is 7.00. The predicted octanol–water partition coefficient (Wildman–Crippen LogP) is 7.50. The number of benzene rings is 4. The zero-order valence-electron chi connectivity index (χ0n) is 19.1. The standard InChI is InChI=1S/C32H22N2Se/c1-3-11-25-21(7-1)15-27(23-9-5-13-33-17-23)29-19-35-20-30-28(24-10-6-14-34-18-24)16-22-8-2-4-12-26(22)32(30)31(25)29/h1-18H,19-20H2. The van der Waals surface area contributed by atoms with Crippen LogP contribution in [-0.2, 0) is 10.6 Å². The third kappa shape index (κ3) is 3.39. The van der Waals surface area contributed by atoms with Gasteiger partial charge in [0.05, 0.1) is 0 Å². The van der Waals surface area contributed by atoms with Crippen LogP contribution in [0.4, 0.5) is 0 Å². The van der Waals surface area contributed by atoms with Crippen molar-refractivity contribution in [2.75, 3.05) is 0 Å². The Morgan fingerprint density at radius 2 is 1.03 bits per heavy atom. The number of nitrogens with zero attached hydrogens (tertiary/aromatic N) is 2. The van der Waals surface area contributed by atoms with E-state index in [0.29, 0.717) is 15.0 Å². The van der Waals surface area contributed by atoms with Crippen LogP contribution in [0, 0.1) is 0 Å². The van der Waals surface area contributed by atoms with Crippen molar-refractivity contribution in [3.05, 3.63) is 121 Å². The Bertz CT molecular complexity index is 1580. The molecule has 4 aromatic carbocycles. The molecule has 0 unspecified atom stereocenters. The summed E-state index contributed by atoms with van der Waals surface area (Å²) in [7, 11) is 0. The van der Waals surface area contributed by atoms with Crippen LogP contribution in [0.3, 0.4) is 0 Å². The van der Waals surface area contributed by atoms with Crippen molar-refractivity contribution in [2.24, 2.45) is 0 Å². The first kappa shape index (κ1) is 20.6. The van der Waals surface area contributed by atoms with E-state index in [2.05, 4.69) is 82.8 Å². The SMILES string of the molecule is c1cncc(-c2cc3ccccc3c3c2C[Se]Cc2c(-c4cccnc4)cc4ccccc4c2-3)c1. The molecule has 0 saturated heterocycles. The molecular weight excluding hydrogens is 491 g/mol. The van der Waals surface area contributed by atoms with E-state index >= 15 is 0 Å². The molecule has 0 N–H and O–H groups in total. The van der Waals surface area contributed by atoms with Crippen molar-refractivity contribution < 1.29 is 0 Å². The molecule has 3 heteroatoms. The molecule has 0 atom stereocenters. The van der Waals surface area contributed by atoms with Crippen molar-refractivity contribution in [3.8, 4) is 33.4 Å². The fourth-order valence-electron chi connectivity index (χ4n) is 5.47. The van der Waals surface area contributed by atoms with Gasteiger partial charge in [0.1, 0.15) is 0 Å². The van der Waals surface area contributed by atoms with E-state index in [1.807, 2.05) is 36.9 Å². The van der Waals surface area contributed by atoms with Crippen LogP contribution in [0.1, 0.15) is 11.1 Å². The Hall–Kier alpha value is -3.78. The Labute approximate surface area is 210 Å². The Balaban J connectivity index is 1.68. The number of fused-ring (bicyclic) bond motifs is 7. The molecule has 0 saturated carbocycles. The van der Waals surface area contributed by atoms with Gasteiger partial charge in [-0.25, -0.2) is 0 Å². The van der Waals surface area contributed by atoms with Gasteiger partial charge in [0.25, 0.3) is 0 Å². The van der Waals surface area contributed by atoms with E-state index < -0.39 is 0 Å². The fourth-order valence-corrected chi connectivity index (χ4v) is 7.80. The van der Waals surface area contributed by atoms with Gasteiger partial charge in [-0.05, 0) is 0 Å². The first-order valence-electron chi connectivity index (χ1n) is 11.9. The maximum atomic E-state index is 4.46. The fraction of sp³-hybridized carbons (Fsp3) is 0.0625. The summed E-state index contributed by atoms with van der Waals surface area (Å²) in [6.07, 6.45) is 7.73. The van der Waals surface area contributed by atoms with Crippen LogP contribution >= 0.6 is 0 Å². The van der Waals surface area contributed by atoms with Gasteiger partial charge in [0.2, 0.25) is 0 Å². The quantitative estimate of drug-likeness (QED) is 0.224. The van der Waals surface area contributed by atoms with E-state index in [4.69, 9.17) is 0 Å². The second-order valence-electron chi connectivity index (χ2n) is 8.97. The summed E-state index contributed by atoms with van der Waals surface area (Å²) < 4.78 is 0. The second-order valence-corrected chi connectivity index (χ2v) is 11.0. The van der Waals surface area contributed by atoms with Crippen molar-refractivity contribution >= 4 is 36.5 Å². The summed E-state index contributed by atoms with van der Waals surface area (Å²) in [6, 6.07) is 31.0. The molecule has 35 heavy (non-hydrogen) atoms. The number of aromatic nitrogens is 2. The average Bonchev–Trinajstić information content (AvgIpc) is 3.14. The Morgan fingerprint density at radius 3 is 1.49 bits per heavy atom. The van der Waals surface area contributed by atoms with Crippen LogP contribution < -0.4 is 0 Å². The van der Waals surface area contributed by atoms with E-state index in [1.165, 1.54) is 66.1 Å². The van der Waals surface area contributed by atoms with E-state index in [9.17, 15) is 0 Å². The Morgan fingerprint density at radius 1 is 0.543 bits per heavy atom. The van der Waals surface area contributed by atoms with E-state index in [-0.39, 0.29) is 0 Å².